The third kappa shape index (κ3) is 4.35. The van der Waals surface area contributed by atoms with Gasteiger partial charge in [0, 0.05) is 6.04 Å². The lowest BCUT2D eigenvalue weighted by molar-refractivity contribution is 0.0494. The largest absolute Gasteiger partial charge is 0.444 e. The van der Waals surface area contributed by atoms with Crippen molar-refractivity contribution >= 4 is 6.09 Å². The van der Waals surface area contributed by atoms with Crippen molar-refractivity contribution in [3.8, 4) is 0 Å². The van der Waals surface area contributed by atoms with Gasteiger partial charge in [0.1, 0.15) is 5.60 Å². The topological polar surface area (TPSA) is 38.3 Å². The van der Waals surface area contributed by atoms with E-state index in [1.54, 1.807) is 0 Å². The zero-order valence-corrected chi connectivity index (χ0v) is 12.4. The number of amides is 1. The molecule has 0 saturated heterocycles. The molecule has 0 aromatic heterocycles. The first-order chi connectivity index (χ1) is 8.23. The van der Waals surface area contributed by atoms with E-state index in [1.807, 2.05) is 20.8 Å². The summed E-state index contributed by atoms with van der Waals surface area (Å²) in [6.07, 6.45) is 2.83. The standard InChI is InChI=1S/C15H27NO2/c1-7-10(2)12-8-11(3)13(9-12)16-14(17)18-15(4,5)6/h11-13H,2,7-9H2,1,3-6H3,(H,16,17). The first kappa shape index (κ1) is 15.1. The molecule has 0 aliphatic heterocycles. The van der Waals surface area contributed by atoms with Crippen LogP contribution in [0.4, 0.5) is 4.79 Å². The third-order valence-electron chi connectivity index (χ3n) is 3.62. The fraction of sp³-hybridized carbons (Fsp3) is 0.800. The van der Waals surface area contributed by atoms with Crippen molar-refractivity contribution in [1.82, 2.24) is 5.32 Å². The first-order valence-electron chi connectivity index (χ1n) is 6.90. The Labute approximate surface area is 111 Å². The Morgan fingerprint density at radius 1 is 1.39 bits per heavy atom. The summed E-state index contributed by atoms with van der Waals surface area (Å²) < 4.78 is 5.30. The monoisotopic (exact) mass is 253 g/mol. The van der Waals surface area contributed by atoms with Gasteiger partial charge in [-0.15, -0.1) is 0 Å². The van der Waals surface area contributed by atoms with Crippen LogP contribution in [0.5, 0.6) is 0 Å². The van der Waals surface area contributed by atoms with Gasteiger partial charge in [-0.1, -0.05) is 26.0 Å². The van der Waals surface area contributed by atoms with Crippen molar-refractivity contribution in [2.75, 3.05) is 0 Å². The van der Waals surface area contributed by atoms with Gasteiger partial charge in [-0.25, -0.2) is 4.79 Å². The molecule has 1 aliphatic carbocycles. The van der Waals surface area contributed by atoms with Gasteiger partial charge in [0.25, 0.3) is 0 Å². The van der Waals surface area contributed by atoms with E-state index in [9.17, 15) is 4.79 Å². The Morgan fingerprint density at radius 3 is 2.50 bits per heavy atom. The van der Waals surface area contributed by atoms with Gasteiger partial charge in [-0.2, -0.15) is 0 Å². The molecule has 0 aromatic carbocycles. The number of hydrogen-bond donors (Lipinski definition) is 1. The van der Waals surface area contributed by atoms with Crippen molar-refractivity contribution in [3.05, 3.63) is 12.2 Å². The molecule has 0 spiro atoms. The lowest BCUT2D eigenvalue weighted by Crippen LogP contribution is -2.40. The maximum Gasteiger partial charge on any atom is 0.407 e. The molecule has 1 N–H and O–H groups in total. The minimum atomic E-state index is -0.432. The second-order valence-electron chi connectivity index (χ2n) is 6.41. The molecular formula is C15H27NO2. The van der Waals surface area contributed by atoms with E-state index >= 15 is 0 Å². The summed E-state index contributed by atoms with van der Waals surface area (Å²) in [4.78, 5) is 11.8. The van der Waals surface area contributed by atoms with E-state index in [0.717, 1.165) is 19.3 Å². The van der Waals surface area contributed by atoms with Crippen LogP contribution in [0.2, 0.25) is 0 Å². The van der Waals surface area contributed by atoms with E-state index in [-0.39, 0.29) is 12.1 Å². The summed E-state index contributed by atoms with van der Waals surface area (Å²) >= 11 is 0. The van der Waals surface area contributed by atoms with E-state index in [0.29, 0.717) is 11.8 Å². The number of ether oxygens (including phenoxy) is 1. The van der Waals surface area contributed by atoms with Crippen LogP contribution in [0, 0.1) is 11.8 Å². The highest BCUT2D eigenvalue weighted by Gasteiger charge is 2.33. The minimum absolute atomic E-state index is 0.216. The predicted molar refractivity (Wildman–Crippen MR) is 74.5 cm³/mol. The Bertz CT molecular complexity index is 317. The summed E-state index contributed by atoms with van der Waals surface area (Å²) in [5.74, 6) is 1.04. The van der Waals surface area contributed by atoms with Crippen LogP contribution in [0.15, 0.2) is 12.2 Å². The van der Waals surface area contributed by atoms with Gasteiger partial charge < -0.3 is 10.1 Å². The highest BCUT2D eigenvalue weighted by atomic mass is 16.6. The lowest BCUT2D eigenvalue weighted by atomic mass is 9.96. The Balaban J connectivity index is 2.49. The molecule has 3 atom stereocenters. The fourth-order valence-electron chi connectivity index (χ4n) is 2.53. The Kier molecular flexibility index (Phi) is 4.83. The molecule has 3 nitrogen and oxygen atoms in total. The third-order valence-corrected chi connectivity index (χ3v) is 3.62. The van der Waals surface area contributed by atoms with Crippen molar-refractivity contribution in [3.63, 3.8) is 0 Å². The number of allylic oxidation sites excluding steroid dienone is 1. The highest BCUT2D eigenvalue weighted by Crippen LogP contribution is 2.36. The number of nitrogens with one attached hydrogen (secondary N) is 1. The van der Waals surface area contributed by atoms with Crippen molar-refractivity contribution in [1.29, 1.82) is 0 Å². The molecule has 3 heteroatoms. The Hall–Kier alpha value is -0.990. The minimum Gasteiger partial charge on any atom is -0.444 e. The van der Waals surface area contributed by atoms with Crippen molar-refractivity contribution in [2.45, 2.75) is 65.5 Å². The molecule has 3 unspecified atom stereocenters. The SMILES string of the molecule is C=C(CC)C1CC(C)C(NC(=O)OC(C)(C)C)C1. The lowest BCUT2D eigenvalue weighted by Gasteiger charge is -2.23. The smallest absolute Gasteiger partial charge is 0.407 e. The molecule has 0 aromatic rings. The molecule has 0 bridgehead atoms. The van der Waals surface area contributed by atoms with Gasteiger partial charge in [0.15, 0.2) is 0 Å². The van der Waals surface area contributed by atoms with Gasteiger partial charge >= 0.3 is 6.09 Å². The summed E-state index contributed by atoms with van der Waals surface area (Å²) in [5.41, 5.74) is 0.869. The molecule has 1 amide bonds. The van der Waals surface area contributed by atoms with Crippen LogP contribution < -0.4 is 5.32 Å². The van der Waals surface area contributed by atoms with E-state index in [1.165, 1.54) is 5.57 Å². The summed E-state index contributed by atoms with van der Waals surface area (Å²) in [7, 11) is 0. The van der Waals surface area contributed by atoms with Crippen molar-refractivity contribution < 1.29 is 9.53 Å². The molecular weight excluding hydrogens is 226 g/mol. The van der Waals surface area contributed by atoms with E-state index in [2.05, 4.69) is 25.7 Å². The van der Waals surface area contributed by atoms with E-state index in [4.69, 9.17) is 4.74 Å². The predicted octanol–water partition coefficient (Wildman–Crippen LogP) is 3.89. The molecule has 1 rings (SSSR count). The van der Waals surface area contributed by atoms with Crippen LogP contribution in [0.25, 0.3) is 0 Å². The normalized spacial score (nSPS) is 27.9. The van der Waals surface area contributed by atoms with Crippen LogP contribution in [0.1, 0.15) is 53.9 Å². The zero-order valence-electron chi connectivity index (χ0n) is 12.4. The summed E-state index contributed by atoms with van der Waals surface area (Å²) in [6.45, 7) is 14.1. The second-order valence-corrected chi connectivity index (χ2v) is 6.41. The Morgan fingerprint density at radius 2 is 2.00 bits per heavy atom. The summed E-state index contributed by atoms with van der Waals surface area (Å²) in [5, 5.41) is 2.99. The fourth-order valence-corrected chi connectivity index (χ4v) is 2.53. The second kappa shape index (κ2) is 5.77. The average Bonchev–Trinajstić information content (AvgIpc) is 2.56. The average molecular weight is 253 g/mol. The molecule has 1 fully saturated rings. The maximum absolute atomic E-state index is 11.8. The van der Waals surface area contributed by atoms with E-state index < -0.39 is 5.60 Å². The first-order valence-corrected chi connectivity index (χ1v) is 6.90. The zero-order chi connectivity index (χ0) is 13.9. The molecule has 0 heterocycles. The number of alkyl carbamates (subject to hydrolysis) is 1. The highest BCUT2D eigenvalue weighted by molar-refractivity contribution is 5.68. The molecule has 104 valence electrons. The molecule has 1 saturated carbocycles. The van der Waals surface area contributed by atoms with Crippen LogP contribution in [-0.4, -0.2) is 17.7 Å². The summed E-state index contributed by atoms with van der Waals surface area (Å²) in [6, 6.07) is 0.216. The molecule has 18 heavy (non-hydrogen) atoms. The van der Waals surface area contributed by atoms with Gasteiger partial charge in [0.05, 0.1) is 0 Å². The maximum atomic E-state index is 11.8. The van der Waals surface area contributed by atoms with Gasteiger partial charge in [-0.3, -0.25) is 0 Å². The molecule has 0 radical (unpaired) electrons. The molecule has 1 aliphatic rings. The quantitative estimate of drug-likeness (QED) is 0.775. The van der Waals surface area contributed by atoms with Crippen LogP contribution in [-0.2, 0) is 4.74 Å². The van der Waals surface area contributed by atoms with Crippen molar-refractivity contribution in [2.24, 2.45) is 11.8 Å². The van der Waals surface area contributed by atoms with Gasteiger partial charge in [0.2, 0.25) is 0 Å². The number of carbonyl (C=O) groups is 1. The number of hydrogen-bond acceptors (Lipinski definition) is 2. The van der Waals surface area contributed by atoms with Crippen LogP contribution in [0.3, 0.4) is 0 Å². The van der Waals surface area contributed by atoms with Gasteiger partial charge in [-0.05, 0) is 51.9 Å². The number of rotatable bonds is 3. The van der Waals surface area contributed by atoms with Crippen LogP contribution >= 0.6 is 0 Å². The number of carbonyl (C=O) groups excluding carboxylic acids is 1.